The van der Waals surface area contributed by atoms with Gasteiger partial charge in [0.25, 0.3) is 0 Å². The minimum atomic E-state index is 0.444. The second-order valence-corrected chi connectivity index (χ2v) is 6.58. The SMILES string of the molecule is Cc1cccc2nc(C3CC4CCCCC4N3)n(C)c12. The Morgan fingerprint density at radius 2 is 2.10 bits per heavy atom. The molecule has 0 amide bonds. The van der Waals surface area contributed by atoms with Crippen LogP contribution < -0.4 is 5.32 Å². The predicted octanol–water partition coefficient (Wildman–Crippen LogP) is 3.47. The van der Waals surface area contributed by atoms with E-state index < -0.39 is 0 Å². The molecule has 1 aromatic carbocycles. The van der Waals surface area contributed by atoms with Gasteiger partial charge in [0.1, 0.15) is 5.82 Å². The van der Waals surface area contributed by atoms with Gasteiger partial charge in [0.05, 0.1) is 17.1 Å². The van der Waals surface area contributed by atoms with Crippen LogP contribution in [0.5, 0.6) is 0 Å². The van der Waals surface area contributed by atoms with Gasteiger partial charge in [-0.25, -0.2) is 4.98 Å². The molecule has 4 rings (SSSR count). The van der Waals surface area contributed by atoms with Crippen LogP contribution in [0.1, 0.15) is 49.5 Å². The molecule has 2 fully saturated rings. The average molecular weight is 269 g/mol. The van der Waals surface area contributed by atoms with Gasteiger partial charge in [-0.05, 0) is 43.7 Å². The lowest BCUT2D eigenvalue weighted by Gasteiger charge is -2.24. The summed E-state index contributed by atoms with van der Waals surface area (Å²) in [4.78, 5) is 4.91. The number of hydrogen-bond acceptors (Lipinski definition) is 2. The number of benzene rings is 1. The fraction of sp³-hybridized carbons (Fsp3) is 0.588. The summed E-state index contributed by atoms with van der Waals surface area (Å²) >= 11 is 0. The van der Waals surface area contributed by atoms with Gasteiger partial charge in [-0.3, -0.25) is 0 Å². The third-order valence-electron chi connectivity index (χ3n) is 5.30. The Bertz CT molecular complexity index is 629. The molecule has 0 radical (unpaired) electrons. The van der Waals surface area contributed by atoms with E-state index >= 15 is 0 Å². The number of aryl methyl sites for hydroxylation is 2. The van der Waals surface area contributed by atoms with E-state index in [1.54, 1.807) is 0 Å². The van der Waals surface area contributed by atoms with Crippen molar-refractivity contribution in [3.05, 3.63) is 29.6 Å². The van der Waals surface area contributed by atoms with Crippen molar-refractivity contribution >= 4 is 11.0 Å². The number of nitrogens with zero attached hydrogens (tertiary/aromatic N) is 2. The molecule has 2 aliphatic rings. The number of aromatic nitrogens is 2. The van der Waals surface area contributed by atoms with Crippen molar-refractivity contribution in [1.82, 2.24) is 14.9 Å². The first kappa shape index (κ1) is 12.4. The van der Waals surface area contributed by atoms with Crippen molar-refractivity contribution in [3.8, 4) is 0 Å². The topological polar surface area (TPSA) is 29.9 Å². The lowest BCUT2D eigenvalue weighted by Crippen LogP contribution is -2.31. The summed E-state index contributed by atoms with van der Waals surface area (Å²) in [6, 6.07) is 7.59. The van der Waals surface area contributed by atoms with Crippen LogP contribution in [0.15, 0.2) is 18.2 Å². The molecule has 3 heteroatoms. The van der Waals surface area contributed by atoms with Gasteiger partial charge in [0, 0.05) is 13.1 Å². The highest BCUT2D eigenvalue weighted by molar-refractivity contribution is 5.79. The molecule has 1 saturated carbocycles. The normalized spacial score (nSPS) is 29.8. The number of rotatable bonds is 1. The molecule has 3 nitrogen and oxygen atoms in total. The highest BCUT2D eigenvalue weighted by Crippen LogP contribution is 2.39. The van der Waals surface area contributed by atoms with E-state index in [1.807, 2.05) is 0 Å². The summed E-state index contributed by atoms with van der Waals surface area (Å²) in [5.41, 5.74) is 3.75. The first-order valence-electron chi connectivity index (χ1n) is 7.92. The second kappa shape index (κ2) is 4.59. The number of fused-ring (bicyclic) bond motifs is 2. The summed E-state index contributed by atoms with van der Waals surface area (Å²) in [6.45, 7) is 2.18. The predicted molar refractivity (Wildman–Crippen MR) is 81.7 cm³/mol. The van der Waals surface area contributed by atoms with Gasteiger partial charge in [-0.1, -0.05) is 25.0 Å². The van der Waals surface area contributed by atoms with Crippen molar-refractivity contribution in [1.29, 1.82) is 0 Å². The van der Waals surface area contributed by atoms with E-state index in [9.17, 15) is 0 Å². The summed E-state index contributed by atoms with van der Waals surface area (Å²) < 4.78 is 2.31. The summed E-state index contributed by atoms with van der Waals surface area (Å²) in [5.74, 6) is 2.10. The molecule has 0 bridgehead atoms. The molecule has 1 aromatic heterocycles. The van der Waals surface area contributed by atoms with Crippen LogP contribution >= 0.6 is 0 Å². The number of nitrogens with one attached hydrogen (secondary N) is 1. The van der Waals surface area contributed by atoms with Crippen LogP contribution in [0.2, 0.25) is 0 Å². The smallest absolute Gasteiger partial charge is 0.126 e. The van der Waals surface area contributed by atoms with Crippen molar-refractivity contribution < 1.29 is 0 Å². The molecule has 1 aliphatic heterocycles. The Kier molecular flexibility index (Phi) is 2.84. The fourth-order valence-electron chi connectivity index (χ4n) is 4.31. The third kappa shape index (κ3) is 1.80. The Balaban J connectivity index is 1.72. The fourth-order valence-corrected chi connectivity index (χ4v) is 4.31. The van der Waals surface area contributed by atoms with E-state index in [4.69, 9.17) is 4.98 Å². The Morgan fingerprint density at radius 1 is 1.25 bits per heavy atom. The minimum Gasteiger partial charge on any atom is -0.330 e. The molecule has 1 N–H and O–H groups in total. The first-order chi connectivity index (χ1) is 9.74. The standard InChI is InChI=1S/C17H23N3/c1-11-6-5-9-14-16(11)20(2)17(19-14)15-10-12-7-3-4-8-13(12)18-15/h5-6,9,12-13,15,18H,3-4,7-8,10H2,1-2H3. The Hall–Kier alpha value is -1.35. The monoisotopic (exact) mass is 269 g/mol. The van der Waals surface area contributed by atoms with Gasteiger partial charge in [-0.15, -0.1) is 0 Å². The van der Waals surface area contributed by atoms with E-state index in [0.717, 1.165) is 17.5 Å². The Labute approximate surface area is 120 Å². The highest BCUT2D eigenvalue weighted by Gasteiger charge is 2.37. The van der Waals surface area contributed by atoms with Crippen LogP contribution in [0.25, 0.3) is 11.0 Å². The number of hydrogen-bond donors (Lipinski definition) is 1. The van der Waals surface area contributed by atoms with Gasteiger partial charge < -0.3 is 9.88 Å². The van der Waals surface area contributed by atoms with Crippen LogP contribution in [-0.2, 0) is 7.05 Å². The maximum atomic E-state index is 4.91. The largest absolute Gasteiger partial charge is 0.330 e. The second-order valence-electron chi connectivity index (χ2n) is 6.58. The van der Waals surface area contributed by atoms with E-state index in [1.165, 1.54) is 49.0 Å². The Morgan fingerprint density at radius 3 is 2.90 bits per heavy atom. The molecule has 3 unspecified atom stereocenters. The molecule has 106 valence electrons. The third-order valence-corrected chi connectivity index (χ3v) is 5.30. The van der Waals surface area contributed by atoms with Gasteiger partial charge in [0.15, 0.2) is 0 Å². The maximum Gasteiger partial charge on any atom is 0.126 e. The van der Waals surface area contributed by atoms with Crippen LogP contribution in [0, 0.1) is 12.8 Å². The van der Waals surface area contributed by atoms with Crippen LogP contribution in [0.4, 0.5) is 0 Å². The molecule has 3 atom stereocenters. The van der Waals surface area contributed by atoms with Gasteiger partial charge >= 0.3 is 0 Å². The molecule has 1 aliphatic carbocycles. The van der Waals surface area contributed by atoms with Crippen LogP contribution in [0.3, 0.4) is 0 Å². The zero-order valence-corrected chi connectivity index (χ0v) is 12.4. The zero-order chi connectivity index (χ0) is 13.7. The van der Waals surface area contributed by atoms with Gasteiger partial charge in [-0.2, -0.15) is 0 Å². The van der Waals surface area contributed by atoms with Crippen molar-refractivity contribution in [2.24, 2.45) is 13.0 Å². The lowest BCUT2D eigenvalue weighted by atomic mass is 9.85. The molecular formula is C17H23N3. The molecule has 1 saturated heterocycles. The molecular weight excluding hydrogens is 246 g/mol. The van der Waals surface area contributed by atoms with E-state index in [-0.39, 0.29) is 0 Å². The zero-order valence-electron chi connectivity index (χ0n) is 12.4. The van der Waals surface area contributed by atoms with E-state index in [2.05, 4.69) is 42.1 Å². The average Bonchev–Trinajstić information content (AvgIpc) is 3.00. The summed E-state index contributed by atoms with van der Waals surface area (Å²) in [6.07, 6.45) is 6.82. The summed E-state index contributed by atoms with van der Waals surface area (Å²) in [7, 11) is 2.17. The molecule has 20 heavy (non-hydrogen) atoms. The molecule has 2 heterocycles. The summed E-state index contributed by atoms with van der Waals surface area (Å²) in [5, 5.41) is 3.85. The van der Waals surface area contributed by atoms with Crippen molar-refractivity contribution in [2.45, 2.75) is 51.1 Å². The number of para-hydroxylation sites is 1. The molecule has 0 spiro atoms. The van der Waals surface area contributed by atoms with Gasteiger partial charge in [0.2, 0.25) is 0 Å². The molecule has 2 aromatic rings. The lowest BCUT2D eigenvalue weighted by molar-refractivity contribution is 0.325. The van der Waals surface area contributed by atoms with Crippen molar-refractivity contribution in [3.63, 3.8) is 0 Å². The van der Waals surface area contributed by atoms with Crippen molar-refractivity contribution in [2.75, 3.05) is 0 Å². The van der Waals surface area contributed by atoms with Crippen LogP contribution in [-0.4, -0.2) is 15.6 Å². The number of imidazole rings is 1. The maximum absolute atomic E-state index is 4.91. The quantitative estimate of drug-likeness (QED) is 0.859. The first-order valence-corrected chi connectivity index (χ1v) is 7.92. The van der Waals surface area contributed by atoms with E-state index in [0.29, 0.717) is 6.04 Å². The highest BCUT2D eigenvalue weighted by atomic mass is 15.1. The minimum absolute atomic E-state index is 0.444.